The molecule has 3 heteroatoms. The van der Waals surface area contributed by atoms with Crippen LogP contribution in [0, 0.1) is 0 Å². The summed E-state index contributed by atoms with van der Waals surface area (Å²) in [6, 6.07) is 0. The van der Waals surface area contributed by atoms with E-state index in [9.17, 15) is 0 Å². The summed E-state index contributed by atoms with van der Waals surface area (Å²) in [4.78, 5) is 0. The number of hydrogen-bond acceptors (Lipinski definition) is 3. The van der Waals surface area contributed by atoms with Crippen molar-refractivity contribution in [3.05, 3.63) is 0 Å². The van der Waals surface area contributed by atoms with Crippen LogP contribution in [0.1, 0.15) is 149 Å². The molecule has 0 aromatic heterocycles. The maximum atomic E-state index is 8.11. The molecular weight excluding hydrogens is 388 g/mol. The molecule has 0 saturated carbocycles. The molecule has 0 spiro atoms. The van der Waals surface area contributed by atoms with Gasteiger partial charge in [-0.15, -0.1) is 0 Å². The molecule has 184 valence electrons. The number of thioether (sulfide) groups is 1. The largest absolute Gasteiger partial charge is 0.394 e. The van der Waals surface area contributed by atoms with Crippen LogP contribution < -0.4 is 0 Å². The van der Waals surface area contributed by atoms with E-state index in [1.54, 1.807) is 0 Å². The third-order valence-electron chi connectivity index (χ3n) is 5.55. The lowest BCUT2D eigenvalue weighted by Crippen LogP contribution is -2.03. The number of aliphatic hydroxyl groups excluding tert-OH is 2. The maximum Gasteiger partial charge on any atom is 0.0742 e. The SMILES string of the molecule is CC(O)CO.CCCCCCCCCCCCSCCCCCCCCCCCC. The van der Waals surface area contributed by atoms with Gasteiger partial charge in [0, 0.05) is 0 Å². The fourth-order valence-corrected chi connectivity index (χ4v) is 4.51. The lowest BCUT2D eigenvalue weighted by molar-refractivity contribution is 0.110. The molecule has 1 atom stereocenters. The topological polar surface area (TPSA) is 40.5 Å². The minimum absolute atomic E-state index is 0.139. The lowest BCUT2D eigenvalue weighted by Gasteiger charge is -2.04. The Morgan fingerprint density at radius 2 is 0.733 bits per heavy atom. The van der Waals surface area contributed by atoms with E-state index < -0.39 is 6.10 Å². The fourth-order valence-electron chi connectivity index (χ4n) is 3.49. The lowest BCUT2D eigenvalue weighted by atomic mass is 10.1. The van der Waals surface area contributed by atoms with Gasteiger partial charge in [0.2, 0.25) is 0 Å². The van der Waals surface area contributed by atoms with Crippen molar-refractivity contribution in [3.8, 4) is 0 Å². The highest BCUT2D eigenvalue weighted by molar-refractivity contribution is 7.99. The minimum Gasteiger partial charge on any atom is -0.394 e. The molecule has 0 aliphatic heterocycles. The second kappa shape index (κ2) is 31.5. The van der Waals surface area contributed by atoms with Crippen molar-refractivity contribution >= 4 is 11.8 Å². The molecule has 0 fully saturated rings. The first-order valence-corrected chi connectivity index (χ1v) is 14.7. The first kappa shape index (κ1) is 32.4. The molecule has 0 heterocycles. The van der Waals surface area contributed by atoms with E-state index in [1.807, 2.05) is 0 Å². The zero-order valence-electron chi connectivity index (χ0n) is 21.1. The van der Waals surface area contributed by atoms with E-state index in [2.05, 4.69) is 25.6 Å². The highest BCUT2D eigenvalue weighted by atomic mass is 32.2. The van der Waals surface area contributed by atoms with Gasteiger partial charge in [-0.1, -0.05) is 129 Å². The minimum atomic E-state index is -0.560. The first-order chi connectivity index (χ1) is 14.7. The third kappa shape index (κ3) is 35.7. The smallest absolute Gasteiger partial charge is 0.0742 e. The van der Waals surface area contributed by atoms with Crippen LogP contribution in [-0.4, -0.2) is 34.4 Å². The van der Waals surface area contributed by atoms with Gasteiger partial charge in [0.1, 0.15) is 0 Å². The molecule has 2 N–H and O–H groups in total. The normalized spacial score (nSPS) is 11.9. The van der Waals surface area contributed by atoms with Gasteiger partial charge in [0.25, 0.3) is 0 Å². The van der Waals surface area contributed by atoms with Crippen molar-refractivity contribution in [1.82, 2.24) is 0 Å². The molecule has 0 aromatic carbocycles. The zero-order valence-corrected chi connectivity index (χ0v) is 22.0. The standard InChI is InChI=1S/C24H50S.C3H8O2/c1-3-5-7-9-11-13-15-17-19-21-23-25-24-22-20-18-16-14-12-10-8-6-4-2;1-3(5)2-4/h3-24H2,1-2H3;3-5H,2H2,1H3. The molecule has 0 radical (unpaired) electrons. The Bertz CT molecular complexity index is 250. The van der Waals surface area contributed by atoms with Gasteiger partial charge in [-0.05, 0) is 31.3 Å². The van der Waals surface area contributed by atoms with Crippen molar-refractivity contribution in [1.29, 1.82) is 0 Å². The third-order valence-corrected chi connectivity index (χ3v) is 6.70. The molecule has 30 heavy (non-hydrogen) atoms. The summed E-state index contributed by atoms with van der Waals surface area (Å²) < 4.78 is 0. The Hall–Kier alpha value is 0.270. The quantitative estimate of drug-likeness (QED) is 0.154. The first-order valence-electron chi connectivity index (χ1n) is 13.6. The van der Waals surface area contributed by atoms with Crippen LogP contribution in [0.4, 0.5) is 0 Å². The summed E-state index contributed by atoms with van der Waals surface area (Å²) in [6.07, 6.45) is 28.6. The van der Waals surface area contributed by atoms with Gasteiger partial charge in [-0.3, -0.25) is 0 Å². The van der Waals surface area contributed by atoms with Gasteiger partial charge in [-0.2, -0.15) is 11.8 Å². The average molecular weight is 447 g/mol. The number of aliphatic hydroxyl groups is 2. The van der Waals surface area contributed by atoms with Gasteiger partial charge in [0.15, 0.2) is 0 Å². The number of rotatable bonds is 23. The molecule has 0 aliphatic rings. The molecule has 0 bridgehead atoms. The molecule has 0 aromatic rings. The molecular formula is C27H58O2S. The summed E-state index contributed by atoms with van der Waals surface area (Å²) in [6.45, 7) is 5.99. The molecule has 0 saturated heterocycles. The Morgan fingerprint density at radius 3 is 0.967 bits per heavy atom. The van der Waals surface area contributed by atoms with E-state index in [1.165, 1.54) is 147 Å². The van der Waals surface area contributed by atoms with Crippen LogP contribution in [0.15, 0.2) is 0 Å². The van der Waals surface area contributed by atoms with Crippen molar-refractivity contribution in [3.63, 3.8) is 0 Å². The zero-order chi connectivity index (χ0) is 22.5. The van der Waals surface area contributed by atoms with Gasteiger partial charge < -0.3 is 10.2 Å². The van der Waals surface area contributed by atoms with Crippen molar-refractivity contribution in [2.75, 3.05) is 18.1 Å². The van der Waals surface area contributed by atoms with Crippen LogP contribution in [0.5, 0.6) is 0 Å². The van der Waals surface area contributed by atoms with Gasteiger partial charge in [0.05, 0.1) is 12.7 Å². The van der Waals surface area contributed by atoms with Crippen LogP contribution in [0.2, 0.25) is 0 Å². The van der Waals surface area contributed by atoms with Crippen molar-refractivity contribution in [2.45, 2.75) is 155 Å². The second-order valence-electron chi connectivity index (χ2n) is 9.01. The van der Waals surface area contributed by atoms with Crippen LogP contribution in [-0.2, 0) is 0 Å². The van der Waals surface area contributed by atoms with Gasteiger partial charge in [-0.25, -0.2) is 0 Å². The van der Waals surface area contributed by atoms with Crippen LogP contribution >= 0.6 is 11.8 Å². The number of unbranched alkanes of at least 4 members (excludes halogenated alkanes) is 18. The van der Waals surface area contributed by atoms with Gasteiger partial charge >= 0.3 is 0 Å². The van der Waals surface area contributed by atoms with E-state index in [0.29, 0.717) is 0 Å². The summed E-state index contributed by atoms with van der Waals surface area (Å²) in [5.41, 5.74) is 0. The predicted molar refractivity (Wildman–Crippen MR) is 140 cm³/mol. The maximum absolute atomic E-state index is 8.11. The Morgan fingerprint density at radius 1 is 0.500 bits per heavy atom. The fraction of sp³-hybridized carbons (Fsp3) is 1.00. The summed E-state index contributed by atoms with van der Waals surface area (Å²) >= 11 is 2.21. The van der Waals surface area contributed by atoms with E-state index in [-0.39, 0.29) is 6.61 Å². The highest BCUT2D eigenvalue weighted by Crippen LogP contribution is 2.15. The van der Waals surface area contributed by atoms with Crippen molar-refractivity contribution < 1.29 is 10.2 Å². The summed E-state index contributed by atoms with van der Waals surface area (Å²) in [5.74, 6) is 2.82. The monoisotopic (exact) mass is 446 g/mol. The average Bonchev–Trinajstić information content (AvgIpc) is 2.75. The Balaban J connectivity index is 0. The predicted octanol–water partition coefficient (Wildman–Crippen LogP) is 8.92. The highest BCUT2D eigenvalue weighted by Gasteiger charge is 1.95. The van der Waals surface area contributed by atoms with E-state index >= 15 is 0 Å². The second-order valence-corrected chi connectivity index (χ2v) is 10.2. The molecule has 0 aliphatic carbocycles. The summed E-state index contributed by atoms with van der Waals surface area (Å²) in [5, 5.41) is 16.0. The Kier molecular flexibility index (Phi) is 34.0. The van der Waals surface area contributed by atoms with E-state index in [0.717, 1.165) is 0 Å². The molecule has 0 amide bonds. The summed E-state index contributed by atoms with van der Waals surface area (Å²) in [7, 11) is 0. The molecule has 2 nitrogen and oxygen atoms in total. The van der Waals surface area contributed by atoms with Crippen LogP contribution in [0.3, 0.4) is 0 Å². The molecule has 0 rings (SSSR count). The molecule has 1 unspecified atom stereocenters. The Labute approximate surface area is 195 Å². The van der Waals surface area contributed by atoms with Crippen molar-refractivity contribution in [2.24, 2.45) is 0 Å². The number of hydrogen-bond donors (Lipinski definition) is 2. The van der Waals surface area contributed by atoms with E-state index in [4.69, 9.17) is 10.2 Å². The van der Waals surface area contributed by atoms with Crippen LogP contribution in [0.25, 0.3) is 0 Å².